The summed E-state index contributed by atoms with van der Waals surface area (Å²) in [6, 6.07) is 0. The summed E-state index contributed by atoms with van der Waals surface area (Å²) in [5.74, 6) is -0.319. The zero-order valence-corrected chi connectivity index (χ0v) is 3.01. The van der Waals surface area contributed by atoms with Crippen molar-refractivity contribution in [2.24, 2.45) is 0 Å². The lowest BCUT2D eigenvalue weighted by molar-refractivity contribution is -0.118. The third-order valence-corrected chi connectivity index (χ3v) is 0.455. The fraction of sp³-hybridized carbons (Fsp3) is 0.667. The minimum Gasteiger partial charge on any atom is -0.294 e. The Morgan fingerprint density at radius 1 is 2.00 bits per heavy atom. The number of Topliss-reactive ketones (excluding diaryl/α,β-unsaturated/α-hetero) is 1. The van der Waals surface area contributed by atoms with Crippen LogP contribution in [0.25, 0.3) is 0 Å². The second-order valence-electron chi connectivity index (χ2n) is 0.991. The number of ketones is 1. The van der Waals surface area contributed by atoms with Gasteiger partial charge in [0.05, 0.1) is 0 Å². The highest BCUT2D eigenvalue weighted by molar-refractivity contribution is 5.79. The molecule has 6 heavy (non-hydrogen) atoms. The molecular weight excluding hydrogens is 84.0 g/mol. The lowest BCUT2D eigenvalue weighted by Crippen LogP contribution is -1.96. The van der Waals surface area contributed by atoms with E-state index >= 15 is 0 Å². The standard InChI is InChI=1S/C3H4O3/c1-2(4)3-5-6-3/h3H,1H3/i1D. The summed E-state index contributed by atoms with van der Waals surface area (Å²) >= 11 is 0. The van der Waals surface area contributed by atoms with Gasteiger partial charge in [-0.3, -0.25) is 4.79 Å². The second-order valence-corrected chi connectivity index (χ2v) is 0.991. The lowest BCUT2D eigenvalue weighted by Gasteiger charge is -1.66. The van der Waals surface area contributed by atoms with Crippen molar-refractivity contribution in [1.82, 2.24) is 0 Å². The summed E-state index contributed by atoms with van der Waals surface area (Å²) in [5, 5.41) is 0. The molecule has 0 aromatic carbocycles. The van der Waals surface area contributed by atoms with Gasteiger partial charge in [0.2, 0.25) is 0 Å². The van der Waals surface area contributed by atoms with Gasteiger partial charge in [-0.05, 0) is 6.90 Å². The Hall–Kier alpha value is -0.410. The van der Waals surface area contributed by atoms with E-state index in [1.165, 1.54) is 0 Å². The third-order valence-electron chi connectivity index (χ3n) is 0.455. The van der Waals surface area contributed by atoms with Gasteiger partial charge in [0.25, 0.3) is 6.29 Å². The quantitative estimate of drug-likeness (QED) is 0.332. The summed E-state index contributed by atoms with van der Waals surface area (Å²) in [6.45, 7) is -0.259. The van der Waals surface area contributed by atoms with Gasteiger partial charge in [-0.1, -0.05) is 0 Å². The Balaban J connectivity index is 2.24. The molecule has 0 amide bonds. The van der Waals surface area contributed by atoms with Crippen molar-refractivity contribution in [3.8, 4) is 0 Å². The summed E-state index contributed by atoms with van der Waals surface area (Å²) in [5.41, 5.74) is 0. The molecule has 0 unspecified atom stereocenters. The fourth-order valence-electron chi connectivity index (χ4n) is 0.135. The SMILES string of the molecule is [2H]CC(=O)C1OO1. The van der Waals surface area contributed by atoms with E-state index < -0.39 is 6.29 Å². The molecule has 34 valence electrons. The Morgan fingerprint density at radius 3 is 2.83 bits per heavy atom. The average Bonchev–Trinajstić information content (AvgIpc) is 2.44. The van der Waals surface area contributed by atoms with E-state index in [0.29, 0.717) is 0 Å². The van der Waals surface area contributed by atoms with Gasteiger partial charge in [0, 0.05) is 1.37 Å². The highest BCUT2D eigenvalue weighted by atomic mass is 17.4. The zero-order chi connectivity index (χ0) is 5.28. The molecular formula is C3H4O3. The van der Waals surface area contributed by atoms with Crippen LogP contribution in [0.5, 0.6) is 0 Å². The van der Waals surface area contributed by atoms with Gasteiger partial charge >= 0.3 is 0 Å². The molecule has 1 saturated heterocycles. The van der Waals surface area contributed by atoms with E-state index in [0.717, 1.165) is 0 Å². The number of carbonyl (C=O) groups excluding carboxylic acids is 1. The van der Waals surface area contributed by atoms with Gasteiger partial charge in [-0.2, -0.15) is 9.78 Å². The van der Waals surface area contributed by atoms with Crippen LogP contribution in [0.15, 0.2) is 0 Å². The molecule has 3 heteroatoms. The Bertz CT molecular complexity index is 88.2. The van der Waals surface area contributed by atoms with Crippen molar-refractivity contribution in [2.45, 2.75) is 13.2 Å². The molecule has 0 N–H and O–H groups in total. The Kier molecular flexibility index (Phi) is 0.464. The summed E-state index contributed by atoms with van der Waals surface area (Å²) in [6.07, 6.45) is -0.711. The Morgan fingerprint density at radius 2 is 2.67 bits per heavy atom. The molecule has 1 aliphatic heterocycles. The van der Waals surface area contributed by atoms with E-state index in [4.69, 9.17) is 1.37 Å². The topological polar surface area (TPSA) is 42.1 Å². The minimum absolute atomic E-state index is 0.259. The average molecular weight is 89.1 g/mol. The maximum atomic E-state index is 10.1. The number of hydrogen-bond acceptors (Lipinski definition) is 3. The molecule has 0 atom stereocenters. The second kappa shape index (κ2) is 1.03. The van der Waals surface area contributed by atoms with E-state index in [1.54, 1.807) is 0 Å². The summed E-state index contributed by atoms with van der Waals surface area (Å²) in [4.78, 5) is 18.3. The number of carbonyl (C=O) groups is 1. The maximum absolute atomic E-state index is 10.1. The highest BCUT2D eigenvalue weighted by Crippen LogP contribution is 2.11. The van der Waals surface area contributed by atoms with E-state index in [-0.39, 0.29) is 12.7 Å². The molecule has 1 aliphatic rings. The predicted molar refractivity (Wildman–Crippen MR) is 16.6 cm³/mol. The van der Waals surface area contributed by atoms with Crippen LogP contribution >= 0.6 is 0 Å². The molecule has 1 fully saturated rings. The third kappa shape index (κ3) is 0.555. The maximum Gasteiger partial charge on any atom is 0.281 e. The van der Waals surface area contributed by atoms with E-state index in [9.17, 15) is 4.79 Å². The van der Waals surface area contributed by atoms with Crippen molar-refractivity contribution in [3.05, 3.63) is 0 Å². The number of hydrogen-bond donors (Lipinski definition) is 0. The van der Waals surface area contributed by atoms with Crippen LogP contribution in [0.3, 0.4) is 0 Å². The van der Waals surface area contributed by atoms with Crippen LogP contribution in [0.1, 0.15) is 8.27 Å². The van der Waals surface area contributed by atoms with Gasteiger partial charge in [0.15, 0.2) is 5.78 Å². The molecule has 0 aromatic rings. The lowest BCUT2D eigenvalue weighted by atomic mass is 10.5. The highest BCUT2D eigenvalue weighted by Gasteiger charge is 2.30. The van der Waals surface area contributed by atoms with Gasteiger partial charge in [-0.25, -0.2) is 0 Å². The fourth-order valence-corrected chi connectivity index (χ4v) is 0.135. The van der Waals surface area contributed by atoms with Crippen LogP contribution in [0.2, 0.25) is 0 Å². The zero-order valence-electron chi connectivity index (χ0n) is 4.01. The normalized spacial score (nSPS) is 23.0. The van der Waals surface area contributed by atoms with Crippen molar-refractivity contribution < 1.29 is 15.9 Å². The first-order chi connectivity index (χ1) is 3.34. The molecule has 1 heterocycles. The van der Waals surface area contributed by atoms with Crippen molar-refractivity contribution in [2.75, 3.05) is 0 Å². The molecule has 0 saturated carbocycles. The van der Waals surface area contributed by atoms with Crippen LogP contribution in [0.4, 0.5) is 0 Å². The minimum atomic E-state index is -0.711. The monoisotopic (exact) mass is 89.0 g/mol. The van der Waals surface area contributed by atoms with Crippen molar-refractivity contribution in [3.63, 3.8) is 0 Å². The van der Waals surface area contributed by atoms with Gasteiger partial charge < -0.3 is 0 Å². The van der Waals surface area contributed by atoms with Crippen LogP contribution < -0.4 is 0 Å². The first kappa shape index (κ1) is 2.71. The Labute approximate surface area is 36.2 Å². The predicted octanol–water partition coefficient (Wildman–Crippen LogP) is -0.137. The van der Waals surface area contributed by atoms with Crippen LogP contribution in [-0.2, 0) is 14.6 Å². The van der Waals surface area contributed by atoms with E-state index in [2.05, 4.69) is 9.78 Å². The van der Waals surface area contributed by atoms with Crippen molar-refractivity contribution in [1.29, 1.82) is 0 Å². The molecule has 0 bridgehead atoms. The number of rotatable bonds is 1. The molecule has 0 aliphatic carbocycles. The molecule has 0 spiro atoms. The van der Waals surface area contributed by atoms with Gasteiger partial charge in [0.1, 0.15) is 0 Å². The van der Waals surface area contributed by atoms with Crippen LogP contribution in [-0.4, -0.2) is 12.1 Å². The summed E-state index contributed by atoms with van der Waals surface area (Å²) in [7, 11) is 0. The smallest absolute Gasteiger partial charge is 0.281 e. The summed E-state index contributed by atoms with van der Waals surface area (Å²) < 4.78 is 6.47. The van der Waals surface area contributed by atoms with Crippen molar-refractivity contribution >= 4 is 5.78 Å². The van der Waals surface area contributed by atoms with E-state index in [1.807, 2.05) is 0 Å². The van der Waals surface area contributed by atoms with Gasteiger partial charge in [-0.15, -0.1) is 0 Å². The molecule has 0 radical (unpaired) electrons. The largest absolute Gasteiger partial charge is 0.294 e. The first-order valence-corrected chi connectivity index (χ1v) is 1.48. The first-order valence-electron chi connectivity index (χ1n) is 2.19. The van der Waals surface area contributed by atoms with Crippen LogP contribution in [0, 0.1) is 0 Å². The molecule has 0 aromatic heterocycles. The molecule has 3 nitrogen and oxygen atoms in total. The molecule has 1 rings (SSSR count).